The van der Waals surface area contributed by atoms with Crippen molar-refractivity contribution in [3.63, 3.8) is 0 Å². The number of ether oxygens (including phenoxy) is 1. The molecule has 0 heterocycles. The van der Waals surface area contributed by atoms with E-state index in [1.54, 1.807) is 7.11 Å². The molecule has 1 atom stereocenters. The summed E-state index contributed by atoms with van der Waals surface area (Å²) in [5.41, 5.74) is 2.02. The van der Waals surface area contributed by atoms with Crippen LogP contribution >= 0.6 is 0 Å². The van der Waals surface area contributed by atoms with Gasteiger partial charge < -0.3 is 15.4 Å². The molecule has 0 fully saturated rings. The predicted octanol–water partition coefficient (Wildman–Crippen LogP) is 2.72. The molecule has 4 nitrogen and oxygen atoms in total. The SMILES string of the molecule is COCCCCNC(C)c1cccc(NC(C)=O)c1. The molecule has 106 valence electrons. The first-order chi connectivity index (χ1) is 9.13. The van der Waals surface area contributed by atoms with Gasteiger partial charge in [0.05, 0.1) is 0 Å². The third kappa shape index (κ3) is 6.36. The van der Waals surface area contributed by atoms with Gasteiger partial charge in [0.25, 0.3) is 0 Å². The van der Waals surface area contributed by atoms with Crippen molar-refractivity contribution < 1.29 is 9.53 Å². The molecule has 1 amide bonds. The van der Waals surface area contributed by atoms with Crippen molar-refractivity contribution in [2.24, 2.45) is 0 Å². The molecule has 0 saturated heterocycles. The second-order valence-electron chi connectivity index (χ2n) is 4.68. The number of nitrogens with one attached hydrogen (secondary N) is 2. The molecule has 1 aromatic carbocycles. The second-order valence-corrected chi connectivity index (χ2v) is 4.68. The molecule has 0 aliphatic heterocycles. The van der Waals surface area contributed by atoms with Gasteiger partial charge in [-0.3, -0.25) is 4.79 Å². The number of benzene rings is 1. The maximum absolute atomic E-state index is 11.0. The Morgan fingerprint density at radius 3 is 2.84 bits per heavy atom. The average molecular weight is 264 g/mol. The Balaban J connectivity index is 2.43. The van der Waals surface area contributed by atoms with E-state index in [1.165, 1.54) is 12.5 Å². The van der Waals surface area contributed by atoms with E-state index in [2.05, 4.69) is 23.6 Å². The third-order valence-electron chi connectivity index (χ3n) is 2.93. The minimum Gasteiger partial charge on any atom is -0.385 e. The lowest BCUT2D eigenvalue weighted by Crippen LogP contribution is -2.20. The Bertz CT molecular complexity index is 393. The summed E-state index contributed by atoms with van der Waals surface area (Å²) in [5.74, 6) is -0.0441. The molecular formula is C15H24N2O2. The molecule has 0 aliphatic carbocycles. The zero-order valence-electron chi connectivity index (χ0n) is 12.0. The summed E-state index contributed by atoms with van der Waals surface area (Å²) in [6.45, 7) is 5.43. The van der Waals surface area contributed by atoms with Crippen molar-refractivity contribution >= 4 is 11.6 Å². The van der Waals surface area contributed by atoms with Crippen molar-refractivity contribution in [1.82, 2.24) is 5.32 Å². The fraction of sp³-hybridized carbons (Fsp3) is 0.533. The van der Waals surface area contributed by atoms with Crippen LogP contribution in [0.4, 0.5) is 5.69 Å². The highest BCUT2D eigenvalue weighted by atomic mass is 16.5. The Kier molecular flexibility index (Phi) is 7.15. The number of carbonyl (C=O) groups is 1. The highest BCUT2D eigenvalue weighted by Gasteiger charge is 2.05. The van der Waals surface area contributed by atoms with E-state index in [1.807, 2.05) is 18.2 Å². The van der Waals surface area contributed by atoms with Crippen LogP contribution in [-0.4, -0.2) is 26.2 Å². The molecule has 1 rings (SSSR count). The number of rotatable bonds is 8. The van der Waals surface area contributed by atoms with Gasteiger partial charge in [0.1, 0.15) is 0 Å². The topological polar surface area (TPSA) is 50.4 Å². The maximum atomic E-state index is 11.0. The van der Waals surface area contributed by atoms with E-state index >= 15 is 0 Å². The largest absolute Gasteiger partial charge is 0.385 e. The molecule has 0 aromatic heterocycles. The third-order valence-corrected chi connectivity index (χ3v) is 2.93. The second kappa shape index (κ2) is 8.67. The molecule has 0 aliphatic rings. The van der Waals surface area contributed by atoms with Crippen molar-refractivity contribution in [1.29, 1.82) is 0 Å². The van der Waals surface area contributed by atoms with Gasteiger partial charge in [0.15, 0.2) is 0 Å². The van der Waals surface area contributed by atoms with E-state index in [-0.39, 0.29) is 11.9 Å². The number of hydrogen-bond acceptors (Lipinski definition) is 3. The minimum atomic E-state index is -0.0441. The zero-order valence-corrected chi connectivity index (χ0v) is 12.0. The van der Waals surface area contributed by atoms with Crippen LogP contribution in [0.5, 0.6) is 0 Å². The van der Waals surface area contributed by atoms with Gasteiger partial charge in [-0.2, -0.15) is 0 Å². The predicted molar refractivity (Wildman–Crippen MR) is 78.3 cm³/mol. The van der Waals surface area contributed by atoms with Gasteiger partial charge in [0, 0.05) is 32.4 Å². The Morgan fingerprint density at radius 2 is 2.16 bits per heavy atom. The first-order valence-electron chi connectivity index (χ1n) is 6.73. The van der Waals surface area contributed by atoms with Crippen LogP contribution in [0, 0.1) is 0 Å². The van der Waals surface area contributed by atoms with Gasteiger partial charge in [-0.1, -0.05) is 12.1 Å². The van der Waals surface area contributed by atoms with Crippen LogP contribution in [0.1, 0.15) is 38.3 Å². The molecule has 19 heavy (non-hydrogen) atoms. The molecule has 4 heteroatoms. The van der Waals surface area contributed by atoms with Crippen molar-refractivity contribution in [2.75, 3.05) is 25.6 Å². The van der Waals surface area contributed by atoms with Gasteiger partial charge in [-0.15, -0.1) is 0 Å². The van der Waals surface area contributed by atoms with Crippen LogP contribution < -0.4 is 10.6 Å². The number of hydrogen-bond donors (Lipinski definition) is 2. The first kappa shape index (κ1) is 15.7. The Labute approximate surface area is 115 Å². The lowest BCUT2D eigenvalue weighted by Gasteiger charge is -2.15. The average Bonchev–Trinajstić information content (AvgIpc) is 2.38. The molecule has 1 aromatic rings. The minimum absolute atomic E-state index is 0.0441. The van der Waals surface area contributed by atoms with Crippen LogP contribution in [0.2, 0.25) is 0 Å². The summed E-state index contributed by atoms with van der Waals surface area (Å²) in [6, 6.07) is 8.21. The quantitative estimate of drug-likeness (QED) is 0.710. The van der Waals surface area contributed by atoms with Crippen molar-refractivity contribution in [2.45, 2.75) is 32.7 Å². The lowest BCUT2D eigenvalue weighted by molar-refractivity contribution is -0.114. The number of methoxy groups -OCH3 is 1. The molecule has 1 unspecified atom stereocenters. The summed E-state index contributed by atoms with van der Waals surface area (Å²) in [6.07, 6.45) is 2.17. The summed E-state index contributed by atoms with van der Waals surface area (Å²) >= 11 is 0. The Morgan fingerprint density at radius 1 is 1.37 bits per heavy atom. The van der Waals surface area contributed by atoms with E-state index < -0.39 is 0 Å². The monoisotopic (exact) mass is 264 g/mol. The summed E-state index contributed by atoms with van der Waals surface area (Å²) in [5, 5.41) is 6.27. The highest BCUT2D eigenvalue weighted by molar-refractivity contribution is 5.88. The van der Waals surface area contributed by atoms with Gasteiger partial charge in [-0.25, -0.2) is 0 Å². The molecule has 0 bridgehead atoms. The molecule has 0 spiro atoms. The number of amides is 1. The van der Waals surface area contributed by atoms with Crippen LogP contribution in [0.3, 0.4) is 0 Å². The van der Waals surface area contributed by atoms with Crippen LogP contribution in [0.15, 0.2) is 24.3 Å². The smallest absolute Gasteiger partial charge is 0.221 e. The van der Waals surface area contributed by atoms with Crippen LogP contribution in [0.25, 0.3) is 0 Å². The highest BCUT2D eigenvalue weighted by Crippen LogP contribution is 2.17. The molecule has 0 radical (unpaired) electrons. The Hall–Kier alpha value is -1.39. The maximum Gasteiger partial charge on any atom is 0.221 e. The van der Waals surface area contributed by atoms with Crippen molar-refractivity contribution in [3.05, 3.63) is 29.8 Å². The van der Waals surface area contributed by atoms with E-state index in [9.17, 15) is 4.79 Å². The van der Waals surface area contributed by atoms with Crippen molar-refractivity contribution in [3.8, 4) is 0 Å². The molecular weight excluding hydrogens is 240 g/mol. The number of anilines is 1. The van der Waals surface area contributed by atoms with E-state index in [4.69, 9.17) is 4.74 Å². The zero-order chi connectivity index (χ0) is 14.1. The summed E-state index contributed by atoms with van der Waals surface area (Å²) < 4.78 is 5.02. The van der Waals surface area contributed by atoms with Gasteiger partial charge in [-0.05, 0) is 44.0 Å². The normalized spacial score (nSPS) is 12.2. The number of unbranched alkanes of at least 4 members (excludes halogenated alkanes) is 1. The molecule has 0 saturated carbocycles. The first-order valence-corrected chi connectivity index (χ1v) is 6.73. The standard InChI is InChI=1S/C15H24N2O2/c1-12(16-9-4-5-10-19-3)14-7-6-8-15(11-14)17-13(2)18/h6-8,11-12,16H,4-5,9-10H2,1-3H3,(H,17,18). The van der Waals surface area contributed by atoms with E-state index in [0.717, 1.165) is 31.7 Å². The summed E-state index contributed by atoms with van der Waals surface area (Å²) in [4.78, 5) is 11.0. The van der Waals surface area contributed by atoms with Gasteiger partial charge >= 0.3 is 0 Å². The fourth-order valence-corrected chi connectivity index (χ4v) is 1.90. The van der Waals surface area contributed by atoms with Crippen LogP contribution in [-0.2, 0) is 9.53 Å². The fourth-order valence-electron chi connectivity index (χ4n) is 1.90. The van der Waals surface area contributed by atoms with Gasteiger partial charge in [0.2, 0.25) is 5.91 Å². The lowest BCUT2D eigenvalue weighted by atomic mass is 10.1. The molecule has 2 N–H and O–H groups in total. The van der Waals surface area contributed by atoms with E-state index in [0.29, 0.717) is 0 Å². The summed E-state index contributed by atoms with van der Waals surface area (Å²) in [7, 11) is 1.73. The number of carbonyl (C=O) groups excluding carboxylic acids is 1.